The molecular weight excluding hydrogens is 244 g/mol. The van der Waals surface area contributed by atoms with Crippen LogP contribution in [0.15, 0.2) is 70.9 Å². The van der Waals surface area contributed by atoms with Crippen molar-refractivity contribution in [3.63, 3.8) is 0 Å². The van der Waals surface area contributed by atoms with Crippen molar-refractivity contribution in [3.8, 4) is 0 Å². The van der Waals surface area contributed by atoms with Crippen LogP contribution in [-0.4, -0.2) is 0 Å². The van der Waals surface area contributed by atoms with Crippen LogP contribution in [0.25, 0.3) is 0 Å². The molecule has 0 aromatic heterocycles. The van der Waals surface area contributed by atoms with Gasteiger partial charge in [0.25, 0.3) is 0 Å². The van der Waals surface area contributed by atoms with Crippen LogP contribution >= 0.6 is 0 Å². The largest absolute Gasteiger partial charge is 0.182 e. The minimum atomic E-state index is -0.0577. The third kappa shape index (κ3) is 1.64. The van der Waals surface area contributed by atoms with Gasteiger partial charge in [0.15, 0.2) is 0 Å². The lowest BCUT2D eigenvalue weighted by molar-refractivity contribution is 0.139. The van der Waals surface area contributed by atoms with Gasteiger partial charge in [0.2, 0.25) is 0 Å². The van der Waals surface area contributed by atoms with Crippen LogP contribution in [0.1, 0.15) is 36.8 Å². The Morgan fingerprint density at radius 3 is 1.20 bits per heavy atom. The van der Waals surface area contributed by atoms with E-state index in [1.54, 1.807) is 0 Å². The van der Waals surface area contributed by atoms with Crippen LogP contribution in [0, 0.1) is 0 Å². The lowest BCUT2D eigenvalue weighted by Gasteiger charge is -2.46. The van der Waals surface area contributed by atoms with Crippen molar-refractivity contribution in [2.24, 2.45) is 10.2 Å². The molecule has 0 radical (unpaired) electrons. The summed E-state index contributed by atoms with van der Waals surface area (Å²) in [6.07, 6.45) is 4.43. The molecule has 2 nitrogen and oxygen atoms in total. The van der Waals surface area contributed by atoms with Gasteiger partial charge in [0, 0.05) is 0 Å². The van der Waals surface area contributed by atoms with Gasteiger partial charge < -0.3 is 0 Å². The van der Waals surface area contributed by atoms with Crippen molar-refractivity contribution in [2.45, 2.75) is 36.8 Å². The lowest BCUT2D eigenvalue weighted by Crippen LogP contribution is -2.42. The summed E-state index contributed by atoms with van der Waals surface area (Å²) in [4.78, 5) is 0. The first-order valence-electron chi connectivity index (χ1n) is 7.38. The summed E-state index contributed by atoms with van der Waals surface area (Å²) in [6, 6.07) is 21.3. The Balaban J connectivity index is 1.74. The minimum absolute atomic E-state index is 0.0577. The van der Waals surface area contributed by atoms with E-state index >= 15 is 0 Å². The molecule has 3 aliphatic rings. The predicted molar refractivity (Wildman–Crippen MR) is 79.6 cm³/mol. The van der Waals surface area contributed by atoms with E-state index in [1.165, 1.54) is 11.1 Å². The summed E-state index contributed by atoms with van der Waals surface area (Å²) in [5.41, 5.74) is 2.53. The maximum absolute atomic E-state index is 4.77. The molecule has 0 atom stereocenters. The van der Waals surface area contributed by atoms with E-state index < -0.39 is 0 Å². The highest BCUT2D eigenvalue weighted by molar-refractivity contribution is 5.32. The molecule has 1 fully saturated rings. The fraction of sp³-hybridized carbons (Fsp3) is 0.333. The van der Waals surface area contributed by atoms with Crippen molar-refractivity contribution < 1.29 is 0 Å². The van der Waals surface area contributed by atoms with Crippen molar-refractivity contribution in [1.29, 1.82) is 0 Å². The third-order valence-electron chi connectivity index (χ3n) is 4.96. The zero-order valence-corrected chi connectivity index (χ0v) is 11.5. The van der Waals surface area contributed by atoms with E-state index in [0.717, 1.165) is 25.7 Å². The monoisotopic (exact) mass is 262 g/mol. The molecule has 1 saturated carbocycles. The van der Waals surface area contributed by atoms with Crippen LogP contribution in [0.4, 0.5) is 0 Å². The molecule has 100 valence electrons. The minimum Gasteiger partial charge on any atom is -0.182 e. The van der Waals surface area contributed by atoms with E-state index in [1.807, 2.05) is 0 Å². The van der Waals surface area contributed by atoms with Gasteiger partial charge in [-0.15, -0.1) is 0 Å². The molecule has 5 rings (SSSR count). The molecule has 2 bridgehead atoms. The summed E-state index contributed by atoms with van der Waals surface area (Å²) in [5, 5.41) is 9.55. The van der Waals surface area contributed by atoms with Crippen LogP contribution in [0.5, 0.6) is 0 Å². The molecule has 2 aliphatic heterocycles. The first-order valence-corrected chi connectivity index (χ1v) is 7.38. The third-order valence-corrected chi connectivity index (χ3v) is 4.96. The Morgan fingerprint density at radius 1 is 0.550 bits per heavy atom. The second kappa shape index (κ2) is 4.27. The van der Waals surface area contributed by atoms with Gasteiger partial charge in [-0.05, 0) is 36.8 Å². The Hall–Kier alpha value is -1.96. The van der Waals surface area contributed by atoms with Gasteiger partial charge in [-0.25, -0.2) is 0 Å². The SMILES string of the molecule is c1ccc(C23CCC(c4ccccc4)(CC2)N=N3)cc1. The van der Waals surface area contributed by atoms with Gasteiger partial charge in [0.1, 0.15) is 11.1 Å². The summed E-state index contributed by atoms with van der Waals surface area (Å²) >= 11 is 0. The molecule has 0 spiro atoms. The van der Waals surface area contributed by atoms with Crippen LogP contribution in [-0.2, 0) is 11.1 Å². The Bertz CT molecular complexity index is 565. The molecule has 2 aromatic carbocycles. The van der Waals surface area contributed by atoms with E-state index in [0.29, 0.717) is 0 Å². The first kappa shape index (κ1) is 11.8. The quantitative estimate of drug-likeness (QED) is 0.741. The highest BCUT2D eigenvalue weighted by Crippen LogP contribution is 2.54. The summed E-state index contributed by atoms with van der Waals surface area (Å²) in [7, 11) is 0. The zero-order chi connectivity index (χ0) is 13.5. The molecule has 20 heavy (non-hydrogen) atoms. The number of nitrogens with zero attached hydrogens (tertiary/aromatic N) is 2. The van der Waals surface area contributed by atoms with E-state index in [-0.39, 0.29) is 11.1 Å². The number of azo groups is 1. The second-order valence-electron chi connectivity index (χ2n) is 6.00. The Kier molecular flexibility index (Phi) is 2.53. The van der Waals surface area contributed by atoms with Gasteiger partial charge in [0.05, 0.1) is 0 Å². The number of benzene rings is 2. The second-order valence-corrected chi connectivity index (χ2v) is 6.00. The normalized spacial score (nSPS) is 31.4. The van der Waals surface area contributed by atoms with Gasteiger partial charge in [-0.3, -0.25) is 0 Å². The summed E-state index contributed by atoms with van der Waals surface area (Å²) < 4.78 is 0. The maximum Gasteiger partial charge on any atom is 0.107 e. The molecule has 0 unspecified atom stereocenters. The first-order chi connectivity index (χ1) is 9.83. The molecule has 2 heteroatoms. The molecule has 0 amide bonds. The molecular formula is C18H18N2. The summed E-state index contributed by atoms with van der Waals surface area (Å²) in [6.45, 7) is 0. The van der Waals surface area contributed by atoms with E-state index in [9.17, 15) is 0 Å². The van der Waals surface area contributed by atoms with Crippen LogP contribution in [0.3, 0.4) is 0 Å². The lowest BCUT2D eigenvalue weighted by atomic mass is 9.66. The van der Waals surface area contributed by atoms with Crippen molar-refractivity contribution in [3.05, 3.63) is 71.8 Å². The average molecular weight is 262 g/mol. The van der Waals surface area contributed by atoms with Crippen LogP contribution < -0.4 is 0 Å². The van der Waals surface area contributed by atoms with Crippen LogP contribution in [0.2, 0.25) is 0 Å². The topological polar surface area (TPSA) is 24.7 Å². The molecule has 0 N–H and O–H groups in total. The molecule has 2 aromatic rings. The number of rotatable bonds is 2. The van der Waals surface area contributed by atoms with Crippen molar-refractivity contribution >= 4 is 0 Å². The van der Waals surface area contributed by atoms with Gasteiger partial charge >= 0.3 is 0 Å². The highest BCUT2D eigenvalue weighted by atomic mass is 15.2. The fourth-order valence-corrected chi connectivity index (χ4v) is 3.66. The smallest absolute Gasteiger partial charge is 0.107 e. The fourth-order valence-electron chi connectivity index (χ4n) is 3.66. The molecule has 1 aliphatic carbocycles. The maximum atomic E-state index is 4.77. The average Bonchev–Trinajstić information content (AvgIpc) is 2.58. The van der Waals surface area contributed by atoms with E-state index in [4.69, 9.17) is 10.2 Å². The number of hydrogen-bond acceptors (Lipinski definition) is 2. The van der Waals surface area contributed by atoms with Crippen molar-refractivity contribution in [2.75, 3.05) is 0 Å². The highest BCUT2D eigenvalue weighted by Gasteiger charge is 2.49. The summed E-state index contributed by atoms with van der Waals surface area (Å²) in [5.74, 6) is 0. The molecule has 0 saturated heterocycles. The van der Waals surface area contributed by atoms with Crippen molar-refractivity contribution in [1.82, 2.24) is 0 Å². The molecule has 2 heterocycles. The standard InChI is InChI=1S/C18H18N2/c1-3-7-15(8-4-1)17-11-13-18(14-12-17,20-19-17)16-9-5-2-6-10-16/h1-10H,11-14H2. The van der Waals surface area contributed by atoms with E-state index in [2.05, 4.69) is 60.7 Å². The zero-order valence-electron chi connectivity index (χ0n) is 11.5. The Morgan fingerprint density at radius 2 is 0.900 bits per heavy atom. The predicted octanol–water partition coefficient (Wildman–Crippen LogP) is 4.82. The number of hydrogen-bond donors (Lipinski definition) is 0. The van der Waals surface area contributed by atoms with Gasteiger partial charge in [-0.2, -0.15) is 10.2 Å². The Labute approximate surface area is 119 Å². The number of fused-ring (bicyclic) bond motifs is 2. The van der Waals surface area contributed by atoms with Gasteiger partial charge in [-0.1, -0.05) is 60.7 Å².